The monoisotopic (exact) mass is 355 g/mol. The van der Waals surface area contributed by atoms with Crippen molar-refractivity contribution in [1.82, 2.24) is 24.8 Å². The highest BCUT2D eigenvalue weighted by molar-refractivity contribution is 5.97. The van der Waals surface area contributed by atoms with Crippen LogP contribution in [0, 0.1) is 6.92 Å². The van der Waals surface area contributed by atoms with Gasteiger partial charge in [-0.15, -0.1) is 0 Å². The molecule has 4 heterocycles. The summed E-state index contributed by atoms with van der Waals surface area (Å²) in [6, 6.07) is 3.23. The fourth-order valence-corrected chi connectivity index (χ4v) is 3.96. The summed E-state index contributed by atoms with van der Waals surface area (Å²) in [5, 5.41) is 6.07. The van der Waals surface area contributed by atoms with E-state index in [2.05, 4.69) is 25.5 Å². The first kappa shape index (κ1) is 16.5. The summed E-state index contributed by atoms with van der Waals surface area (Å²) in [5.74, 6) is 0.539. The number of hydrogen-bond donors (Lipinski definition) is 3. The van der Waals surface area contributed by atoms with Gasteiger partial charge in [-0.2, -0.15) is 0 Å². The van der Waals surface area contributed by atoms with E-state index >= 15 is 0 Å². The lowest BCUT2D eigenvalue weighted by molar-refractivity contribution is 0.0755. The number of fused-ring (bicyclic) bond motifs is 2. The zero-order chi connectivity index (χ0) is 18.5. The van der Waals surface area contributed by atoms with Gasteiger partial charge in [0.2, 0.25) is 0 Å². The molecule has 9 nitrogen and oxygen atoms in total. The second-order valence-electron chi connectivity index (χ2n) is 7.01. The highest BCUT2D eigenvalue weighted by Crippen LogP contribution is 2.32. The third-order valence-electron chi connectivity index (χ3n) is 4.99. The van der Waals surface area contributed by atoms with Gasteiger partial charge in [0.15, 0.2) is 0 Å². The number of aryl methyl sites for hydroxylation is 1. The average molecular weight is 355 g/mol. The lowest BCUT2D eigenvalue weighted by Crippen LogP contribution is -2.57. The number of nitrogens with zero attached hydrogens (tertiary/aromatic N) is 4. The Morgan fingerprint density at radius 2 is 2.12 bits per heavy atom. The molecule has 2 aromatic heterocycles. The molecular formula is C17H21N7O2. The first-order valence-corrected chi connectivity index (χ1v) is 8.52. The second-order valence-corrected chi connectivity index (χ2v) is 7.01. The molecule has 1 atom stereocenters. The minimum atomic E-state index is -0.705. The zero-order valence-electron chi connectivity index (χ0n) is 14.7. The zero-order valence-corrected chi connectivity index (χ0v) is 14.7. The highest BCUT2D eigenvalue weighted by Gasteiger charge is 2.46. The van der Waals surface area contributed by atoms with E-state index in [4.69, 9.17) is 5.73 Å². The van der Waals surface area contributed by atoms with E-state index in [0.717, 1.165) is 24.9 Å². The van der Waals surface area contributed by atoms with E-state index in [1.807, 2.05) is 14.0 Å². The standard InChI is InChI=1S/C17H21N7O2/c1-10-6-11(21-13-7-12(18)19-9-20-13)16(26)24-14(10)15(25)22-17(24)4-3-5-23(2)8-17/h6-7,9H,3-5,8H2,1-2H3,(H,22,25)(H3,18,19,20,21). The van der Waals surface area contributed by atoms with E-state index in [-0.39, 0.29) is 11.5 Å². The van der Waals surface area contributed by atoms with Gasteiger partial charge in [-0.05, 0) is 45.0 Å². The predicted molar refractivity (Wildman–Crippen MR) is 97.3 cm³/mol. The minimum Gasteiger partial charge on any atom is -0.384 e. The molecule has 9 heteroatoms. The quantitative estimate of drug-likeness (QED) is 0.713. The van der Waals surface area contributed by atoms with Gasteiger partial charge in [0, 0.05) is 12.6 Å². The third kappa shape index (κ3) is 2.51. The summed E-state index contributed by atoms with van der Waals surface area (Å²) in [7, 11) is 1.99. The number of nitrogens with one attached hydrogen (secondary N) is 2. The summed E-state index contributed by atoms with van der Waals surface area (Å²) in [5.41, 5.74) is 6.24. The summed E-state index contributed by atoms with van der Waals surface area (Å²) >= 11 is 0. The molecule has 1 fully saturated rings. The molecule has 2 aliphatic rings. The third-order valence-corrected chi connectivity index (χ3v) is 4.99. The van der Waals surface area contributed by atoms with Gasteiger partial charge >= 0.3 is 0 Å². The maximum atomic E-state index is 13.2. The van der Waals surface area contributed by atoms with E-state index < -0.39 is 5.66 Å². The van der Waals surface area contributed by atoms with Crippen LogP contribution in [0.2, 0.25) is 0 Å². The molecule has 1 saturated heterocycles. The molecule has 26 heavy (non-hydrogen) atoms. The van der Waals surface area contributed by atoms with Crippen LogP contribution >= 0.6 is 0 Å². The normalized spacial score (nSPS) is 22.3. The number of likely N-dealkylation sites (N-methyl/N-ethyl adjacent to an activating group) is 1. The number of rotatable bonds is 2. The fourth-order valence-electron chi connectivity index (χ4n) is 3.96. The number of carbonyl (C=O) groups excluding carboxylic acids is 1. The SMILES string of the molecule is Cc1cc(Nc2cc(N)ncn2)c(=O)n2c1C(=O)NC21CCCN(C)C1. The van der Waals surface area contributed by atoms with E-state index in [0.29, 0.717) is 29.6 Å². The van der Waals surface area contributed by atoms with Crippen LogP contribution in [-0.4, -0.2) is 45.5 Å². The molecule has 1 spiro atoms. The van der Waals surface area contributed by atoms with Gasteiger partial charge in [-0.25, -0.2) is 9.97 Å². The number of anilines is 3. The van der Waals surface area contributed by atoms with Crippen LogP contribution in [0.3, 0.4) is 0 Å². The van der Waals surface area contributed by atoms with Crippen LogP contribution in [0.25, 0.3) is 0 Å². The Balaban J connectivity index is 1.84. The number of nitrogen functional groups attached to an aromatic ring is 1. The van der Waals surface area contributed by atoms with Gasteiger partial charge in [0.05, 0.1) is 0 Å². The van der Waals surface area contributed by atoms with Gasteiger partial charge < -0.3 is 21.3 Å². The number of hydrogen-bond acceptors (Lipinski definition) is 7. The molecule has 1 unspecified atom stereocenters. The van der Waals surface area contributed by atoms with Crippen molar-refractivity contribution in [3.05, 3.63) is 40.1 Å². The van der Waals surface area contributed by atoms with E-state index in [9.17, 15) is 9.59 Å². The number of pyridine rings is 1. The number of nitrogens with two attached hydrogens (primary N) is 1. The second kappa shape index (κ2) is 5.80. The van der Waals surface area contributed by atoms with Crippen LogP contribution in [0.5, 0.6) is 0 Å². The Morgan fingerprint density at radius 1 is 1.31 bits per heavy atom. The van der Waals surface area contributed by atoms with E-state index in [1.165, 1.54) is 6.33 Å². The maximum Gasteiger partial charge on any atom is 0.276 e. The number of likely N-dealkylation sites (tertiary alicyclic amines) is 1. The number of carbonyl (C=O) groups is 1. The lowest BCUT2D eigenvalue weighted by atomic mass is 9.98. The summed E-state index contributed by atoms with van der Waals surface area (Å²) in [6.45, 7) is 3.36. The minimum absolute atomic E-state index is 0.201. The molecule has 0 radical (unpaired) electrons. The Hall–Kier alpha value is -2.94. The van der Waals surface area contributed by atoms with Gasteiger partial charge in [0.1, 0.15) is 35.0 Å². The van der Waals surface area contributed by atoms with Crippen molar-refractivity contribution in [2.24, 2.45) is 0 Å². The molecule has 0 aromatic carbocycles. The van der Waals surface area contributed by atoms with E-state index in [1.54, 1.807) is 16.7 Å². The molecule has 4 N–H and O–H groups in total. The number of aromatic nitrogens is 3. The van der Waals surface area contributed by atoms with Crippen molar-refractivity contribution in [1.29, 1.82) is 0 Å². The Labute approximate surface area is 150 Å². The average Bonchev–Trinajstić information content (AvgIpc) is 2.84. The van der Waals surface area contributed by atoms with Crippen molar-refractivity contribution in [3.63, 3.8) is 0 Å². The molecule has 0 bridgehead atoms. The van der Waals surface area contributed by atoms with Crippen molar-refractivity contribution in [2.75, 3.05) is 31.2 Å². The van der Waals surface area contributed by atoms with Gasteiger partial charge in [-0.3, -0.25) is 14.2 Å². The predicted octanol–water partition coefficient (Wildman–Crippen LogP) is 0.394. The smallest absolute Gasteiger partial charge is 0.276 e. The van der Waals surface area contributed by atoms with Gasteiger partial charge in [0.25, 0.3) is 11.5 Å². The molecule has 0 aliphatic carbocycles. The van der Waals surface area contributed by atoms with Crippen LogP contribution < -0.4 is 21.9 Å². The molecule has 0 saturated carbocycles. The topological polar surface area (TPSA) is 118 Å². The first-order valence-electron chi connectivity index (χ1n) is 8.52. The lowest BCUT2D eigenvalue weighted by Gasteiger charge is -2.39. The summed E-state index contributed by atoms with van der Waals surface area (Å²) < 4.78 is 1.62. The molecule has 1 amide bonds. The van der Waals surface area contributed by atoms with Gasteiger partial charge in [-0.1, -0.05) is 0 Å². The van der Waals surface area contributed by atoms with Crippen molar-refractivity contribution in [3.8, 4) is 0 Å². The maximum absolute atomic E-state index is 13.2. The van der Waals surface area contributed by atoms with Crippen molar-refractivity contribution in [2.45, 2.75) is 25.4 Å². The highest BCUT2D eigenvalue weighted by atomic mass is 16.2. The van der Waals surface area contributed by atoms with Crippen molar-refractivity contribution >= 4 is 23.2 Å². The van der Waals surface area contributed by atoms with Crippen LogP contribution in [-0.2, 0) is 5.66 Å². The largest absolute Gasteiger partial charge is 0.384 e. The van der Waals surface area contributed by atoms with Crippen LogP contribution in [0.15, 0.2) is 23.3 Å². The Bertz CT molecular complexity index is 955. The number of piperidine rings is 1. The molecule has 4 rings (SSSR count). The Morgan fingerprint density at radius 3 is 2.85 bits per heavy atom. The fraction of sp³-hybridized carbons (Fsp3) is 0.412. The molecule has 2 aliphatic heterocycles. The van der Waals surface area contributed by atoms with Crippen molar-refractivity contribution < 1.29 is 4.79 Å². The number of amides is 1. The van der Waals surface area contributed by atoms with Crippen LogP contribution in [0.1, 0.15) is 28.9 Å². The first-order chi connectivity index (χ1) is 12.4. The molecule has 136 valence electrons. The molecular weight excluding hydrogens is 334 g/mol. The summed E-state index contributed by atoms with van der Waals surface area (Å²) in [6.07, 6.45) is 2.96. The molecule has 2 aromatic rings. The van der Waals surface area contributed by atoms with Crippen LogP contribution in [0.4, 0.5) is 17.3 Å². The summed E-state index contributed by atoms with van der Waals surface area (Å²) in [4.78, 5) is 35.9. The Kier molecular flexibility index (Phi) is 3.69.